The van der Waals surface area contributed by atoms with E-state index < -0.39 is 6.04 Å². The van der Waals surface area contributed by atoms with Gasteiger partial charge in [-0.1, -0.05) is 12.1 Å². The van der Waals surface area contributed by atoms with Gasteiger partial charge in [-0.05, 0) is 127 Å². The zero-order valence-corrected chi connectivity index (χ0v) is 31.6. The summed E-state index contributed by atoms with van der Waals surface area (Å²) in [5, 5.41) is 12.6. The molecule has 3 aromatic carbocycles. The van der Waals surface area contributed by atoms with Crippen molar-refractivity contribution < 1.29 is 28.6 Å². The van der Waals surface area contributed by atoms with E-state index in [-0.39, 0.29) is 35.9 Å². The van der Waals surface area contributed by atoms with E-state index in [0.29, 0.717) is 47.7 Å². The number of aryl methyl sites for hydroxylation is 1. The van der Waals surface area contributed by atoms with Gasteiger partial charge in [0, 0.05) is 89.2 Å². The van der Waals surface area contributed by atoms with Crippen LogP contribution in [0.3, 0.4) is 0 Å². The van der Waals surface area contributed by atoms with Gasteiger partial charge >= 0.3 is 0 Å². The van der Waals surface area contributed by atoms with Crippen molar-refractivity contribution in [1.29, 1.82) is 0 Å². The number of anilines is 2. The summed E-state index contributed by atoms with van der Waals surface area (Å²) in [6.07, 6.45) is 6.77. The first kappa shape index (κ1) is 36.2. The van der Waals surface area contributed by atoms with Crippen LogP contribution >= 0.6 is 0 Å². The van der Waals surface area contributed by atoms with Crippen LogP contribution in [0, 0.1) is 23.6 Å². The van der Waals surface area contributed by atoms with Gasteiger partial charge in [-0.25, -0.2) is 4.39 Å². The molecule has 5 heterocycles. The highest BCUT2D eigenvalue weighted by Gasteiger charge is 2.40. The van der Waals surface area contributed by atoms with Crippen LogP contribution in [0.4, 0.5) is 15.8 Å². The Labute approximate surface area is 322 Å². The topological polar surface area (TPSA) is 106 Å². The summed E-state index contributed by atoms with van der Waals surface area (Å²) < 4.78 is 21.8. The molecule has 4 saturated heterocycles. The number of amides is 3. The smallest absolute Gasteiger partial charge is 0.255 e. The van der Waals surface area contributed by atoms with E-state index in [1.165, 1.54) is 11.1 Å². The van der Waals surface area contributed by atoms with E-state index in [0.717, 1.165) is 114 Å². The van der Waals surface area contributed by atoms with Gasteiger partial charge in [0.05, 0.1) is 5.69 Å². The van der Waals surface area contributed by atoms with Gasteiger partial charge in [0.25, 0.3) is 5.91 Å². The largest absolute Gasteiger partial charge is 0.508 e. The molecule has 9 rings (SSSR count). The zero-order chi connectivity index (χ0) is 37.6. The van der Waals surface area contributed by atoms with Crippen LogP contribution in [0.25, 0.3) is 0 Å². The number of benzene rings is 3. The summed E-state index contributed by atoms with van der Waals surface area (Å²) in [6.45, 7) is 8.47. The molecule has 0 radical (unpaired) electrons. The van der Waals surface area contributed by atoms with Crippen molar-refractivity contribution in [3.05, 3.63) is 88.2 Å². The lowest BCUT2D eigenvalue weighted by Gasteiger charge is -2.41. The summed E-state index contributed by atoms with van der Waals surface area (Å²) in [4.78, 5) is 46.0. The molecule has 0 bridgehead atoms. The van der Waals surface area contributed by atoms with Gasteiger partial charge in [0.2, 0.25) is 11.8 Å². The number of aromatic hydroxyl groups is 1. The van der Waals surface area contributed by atoms with Crippen molar-refractivity contribution in [2.45, 2.75) is 69.9 Å². The fourth-order valence-electron chi connectivity index (χ4n) is 10.6. The molecule has 2 N–H and O–H groups in total. The molecule has 3 atom stereocenters. The second-order valence-corrected chi connectivity index (χ2v) is 16.7. The fourth-order valence-corrected chi connectivity index (χ4v) is 10.6. The van der Waals surface area contributed by atoms with Crippen molar-refractivity contribution in [1.82, 2.24) is 15.1 Å². The Kier molecular flexibility index (Phi) is 10.0. The van der Waals surface area contributed by atoms with Crippen LogP contribution in [0.2, 0.25) is 0 Å². The molecule has 0 aromatic heterocycles. The number of nitrogens with one attached hydrogen (secondary N) is 1. The van der Waals surface area contributed by atoms with E-state index in [1.807, 2.05) is 24.3 Å². The Bertz CT molecular complexity index is 1950. The number of hydrogen-bond acceptors (Lipinski definition) is 8. The number of halogens is 1. The van der Waals surface area contributed by atoms with Gasteiger partial charge in [0.15, 0.2) is 0 Å². The number of carbonyl (C=O) groups excluding carboxylic acids is 3. The Hall–Kier alpha value is -4.48. The molecule has 3 unspecified atom stereocenters. The number of phenols is 1. The maximum Gasteiger partial charge on any atom is 0.255 e. The van der Waals surface area contributed by atoms with E-state index >= 15 is 4.39 Å². The first-order valence-corrected chi connectivity index (χ1v) is 20.5. The number of nitrogens with zero attached hydrogens (tertiary/aromatic N) is 4. The lowest BCUT2D eigenvalue weighted by atomic mass is 9.65. The quantitative estimate of drug-likeness (QED) is 0.308. The van der Waals surface area contributed by atoms with E-state index in [1.54, 1.807) is 17.0 Å². The van der Waals surface area contributed by atoms with Crippen molar-refractivity contribution in [2.24, 2.45) is 17.8 Å². The van der Waals surface area contributed by atoms with Gasteiger partial charge in [-0.15, -0.1) is 0 Å². The molecule has 3 aromatic rings. The second-order valence-electron chi connectivity index (χ2n) is 16.7. The number of imide groups is 1. The molecule has 3 amide bonds. The highest BCUT2D eigenvalue weighted by atomic mass is 19.1. The number of carbonyl (C=O) groups is 3. The van der Waals surface area contributed by atoms with Gasteiger partial charge in [0.1, 0.15) is 17.6 Å². The summed E-state index contributed by atoms with van der Waals surface area (Å²) in [7, 11) is 0. The Morgan fingerprint density at radius 3 is 2.35 bits per heavy atom. The highest BCUT2D eigenvalue weighted by Crippen LogP contribution is 2.48. The molecule has 4 fully saturated rings. The van der Waals surface area contributed by atoms with Crippen LogP contribution in [0.1, 0.15) is 83.5 Å². The predicted molar refractivity (Wildman–Crippen MR) is 208 cm³/mol. The summed E-state index contributed by atoms with van der Waals surface area (Å²) in [5.74, 6) is 1.03. The molecule has 0 saturated carbocycles. The van der Waals surface area contributed by atoms with Gasteiger partial charge in [-0.2, -0.15) is 0 Å². The summed E-state index contributed by atoms with van der Waals surface area (Å²) >= 11 is 0. The first-order valence-electron chi connectivity index (χ1n) is 20.5. The average molecular weight is 750 g/mol. The van der Waals surface area contributed by atoms with Crippen LogP contribution < -0.4 is 15.1 Å². The highest BCUT2D eigenvalue weighted by molar-refractivity contribution is 6.05. The summed E-state index contributed by atoms with van der Waals surface area (Å²) in [5.41, 5.74) is 6.84. The average Bonchev–Trinajstić information content (AvgIpc) is 3.53. The molecule has 0 spiro atoms. The Morgan fingerprint density at radius 2 is 1.58 bits per heavy atom. The maximum atomic E-state index is 16.1. The minimum atomic E-state index is -0.603. The minimum absolute atomic E-state index is 0.115. The summed E-state index contributed by atoms with van der Waals surface area (Å²) in [6, 6.07) is 17.1. The first-order chi connectivity index (χ1) is 26.8. The number of phenolic OH excluding ortho intramolecular Hbond substituents is 1. The second kappa shape index (κ2) is 15.2. The Balaban J connectivity index is 0.787. The molecule has 55 heavy (non-hydrogen) atoms. The lowest BCUT2D eigenvalue weighted by Crippen LogP contribution is -2.52. The van der Waals surface area contributed by atoms with Crippen molar-refractivity contribution >= 4 is 29.1 Å². The molecule has 1 aliphatic carbocycles. The van der Waals surface area contributed by atoms with E-state index in [4.69, 9.17) is 4.74 Å². The molecular formula is C44H52FN5O5. The third-order valence-electron chi connectivity index (χ3n) is 13.6. The van der Waals surface area contributed by atoms with Crippen molar-refractivity contribution in [3.63, 3.8) is 0 Å². The number of piperazine rings is 1. The monoisotopic (exact) mass is 749 g/mol. The van der Waals surface area contributed by atoms with Crippen LogP contribution in [0.5, 0.6) is 5.75 Å². The number of piperidine rings is 2. The SMILES string of the molecule is O=C1CCC(N2Cc3cc(N4CCN(CC5CCN(c6ccc(C7c8ccc(O)cc8CCC7C7CCOCC7)cc6F)CC5)CC4)ccc3C2=O)C(=O)N1. The Morgan fingerprint density at radius 1 is 0.782 bits per heavy atom. The van der Waals surface area contributed by atoms with E-state index in [9.17, 15) is 19.5 Å². The standard InChI is InChI=1S/C44H52FN5O5/c45-38-25-31(42-35(29-13-21-55-22-14-29)5-1-30-24-34(51)4-7-36(30)42)2-8-39(38)49-15-11-28(12-16-49)26-47-17-19-48(20-18-47)33-3-6-37-32(23-33)27-50(44(37)54)40-9-10-41(52)46-43(40)53/h2-4,6-8,23-25,28-29,35,40,42,51H,1,5,9-22,26-27H2,(H,46,52,53). The van der Waals surface area contributed by atoms with E-state index in [2.05, 4.69) is 38.2 Å². The number of ether oxygens (including phenoxy) is 1. The number of rotatable bonds is 7. The van der Waals surface area contributed by atoms with Crippen LogP contribution in [0.15, 0.2) is 54.6 Å². The molecule has 6 aliphatic rings. The maximum absolute atomic E-state index is 16.1. The number of hydrogen-bond donors (Lipinski definition) is 2. The number of fused-ring (bicyclic) bond motifs is 2. The van der Waals surface area contributed by atoms with Crippen molar-refractivity contribution in [3.8, 4) is 5.75 Å². The zero-order valence-electron chi connectivity index (χ0n) is 31.6. The van der Waals surface area contributed by atoms with Gasteiger partial charge < -0.3 is 24.5 Å². The molecule has 11 heteroatoms. The van der Waals surface area contributed by atoms with Crippen molar-refractivity contribution in [2.75, 3.05) is 68.8 Å². The molecular weight excluding hydrogens is 698 g/mol. The molecule has 10 nitrogen and oxygen atoms in total. The molecule has 290 valence electrons. The lowest BCUT2D eigenvalue weighted by molar-refractivity contribution is -0.136. The van der Waals surface area contributed by atoms with Gasteiger partial charge in [-0.3, -0.25) is 24.6 Å². The third kappa shape index (κ3) is 7.21. The van der Waals surface area contributed by atoms with Crippen LogP contribution in [-0.2, 0) is 27.3 Å². The molecule has 5 aliphatic heterocycles. The van der Waals surface area contributed by atoms with Crippen LogP contribution in [-0.4, -0.2) is 97.7 Å². The normalized spacial score (nSPS) is 25.6. The third-order valence-corrected chi connectivity index (χ3v) is 13.6. The minimum Gasteiger partial charge on any atom is -0.508 e. The fraction of sp³-hybridized carbons (Fsp3) is 0.523. The predicted octanol–water partition coefficient (Wildman–Crippen LogP) is 5.45.